The standard InChI is InChI=1S/C22H26N2O2.Na.H/c25-21(26)13-6-2-5-11-19-14-16-24(17-20-12-7-8-15-23-20)22(19)18-9-3-1-4-10-18;;/h1-5,7-10,12,15,19,22H,6,11,13-14,16-17H2,(H,25,26);;/b5-2-;;. The van der Waals surface area contributed by atoms with Crippen LogP contribution in [0.3, 0.4) is 0 Å². The second-order valence-corrected chi connectivity index (χ2v) is 6.84. The topological polar surface area (TPSA) is 53.4 Å². The Hall–Kier alpha value is -1.46. The average Bonchev–Trinajstić information content (AvgIpc) is 3.05. The van der Waals surface area contributed by atoms with Crippen LogP contribution < -0.4 is 0 Å². The number of carboxylic acid groups (broad SMARTS) is 1. The van der Waals surface area contributed by atoms with E-state index in [1.807, 2.05) is 24.4 Å². The van der Waals surface area contributed by atoms with Crippen molar-refractivity contribution >= 4 is 35.5 Å². The number of rotatable bonds is 8. The van der Waals surface area contributed by atoms with E-state index in [-0.39, 0.29) is 36.0 Å². The van der Waals surface area contributed by atoms with Gasteiger partial charge in [0, 0.05) is 25.2 Å². The normalized spacial score (nSPS) is 19.9. The second-order valence-electron chi connectivity index (χ2n) is 6.84. The second kappa shape index (κ2) is 11.4. The fraction of sp³-hybridized carbons (Fsp3) is 0.364. The first-order valence-corrected chi connectivity index (χ1v) is 9.29. The first-order valence-electron chi connectivity index (χ1n) is 9.29. The van der Waals surface area contributed by atoms with Crippen LogP contribution in [0.25, 0.3) is 0 Å². The number of benzene rings is 1. The quantitative estimate of drug-likeness (QED) is 0.564. The van der Waals surface area contributed by atoms with E-state index in [4.69, 9.17) is 5.11 Å². The molecule has 1 aromatic carbocycles. The zero-order chi connectivity index (χ0) is 18.2. The van der Waals surface area contributed by atoms with Gasteiger partial charge in [-0.25, -0.2) is 0 Å². The van der Waals surface area contributed by atoms with E-state index >= 15 is 0 Å². The minimum absolute atomic E-state index is 0. The SMILES string of the molecule is O=C(O)CC/C=C\CC1CCN(Cc2ccccn2)C1c1ccccc1.[NaH]. The fourth-order valence-corrected chi connectivity index (χ4v) is 3.78. The van der Waals surface area contributed by atoms with E-state index in [9.17, 15) is 4.79 Å². The van der Waals surface area contributed by atoms with Crippen LogP contribution in [0.1, 0.15) is 43.0 Å². The van der Waals surface area contributed by atoms with Gasteiger partial charge in [0.25, 0.3) is 0 Å². The summed E-state index contributed by atoms with van der Waals surface area (Å²) in [6, 6.07) is 17.1. The van der Waals surface area contributed by atoms with Crippen molar-refractivity contribution in [3.8, 4) is 0 Å². The summed E-state index contributed by atoms with van der Waals surface area (Å²) < 4.78 is 0. The van der Waals surface area contributed by atoms with E-state index in [2.05, 4.69) is 52.4 Å². The van der Waals surface area contributed by atoms with Crippen LogP contribution in [0, 0.1) is 5.92 Å². The zero-order valence-corrected chi connectivity index (χ0v) is 15.0. The van der Waals surface area contributed by atoms with Gasteiger partial charge in [0.2, 0.25) is 0 Å². The van der Waals surface area contributed by atoms with Crippen molar-refractivity contribution in [2.45, 2.75) is 38.3 Å². The van der Waals surface area contributed by atoms with Crippen molar-refractivity contribution < 1.29 is 9.90 Å². The molecule has 1 saturated heterocycles. The molecule has 1 aliphatic heterocycles. The molecular formula is C22H27N2NaO2. The Morgan fingerprint density at radius 2 is 1.93 bits per heavy atom. The number of aromatic nitrogens is 1. The number of carbonyl (C=O) groups is 1. The zero-order valence-electron chi connectivity index (χ0n) is 15.0. The van der Waals surface area contributed by atoms with Crippen LogP contribution in [0.5, 0.6) is 0 Å². The molecule has 1 fully saturated rings. The van der Waals surface area contributed by atoms with E-state index in [0.29, 0.717) is 18.4 Å². The summed E-state index contributed by atoms with van der Waals surface area (Å²) in [6.07, 6.45) is 8.97. The van der Waals surface area contributed by atoms with Crippen LogP contribution in [0.2, 0.25) is 0 Å². The molecule has 138 valence electrons. The molecule has 1 aliphatic rings. The van der Waals surface area contributed by atoms with Gasteiger partial charge in [-0.2, -0.15) is 0 Å². The molecule has 2 aromatic rings. The third-order valence-electron chi connectivity index (χ3n) is 4.99. The van der Waals surface area contributed by atoms with Crippen molar-refractivity contribution in [2.75, 3.05) is 6.54 Å². The van der Waals surface area contributed by atoms with Crippen molar-refractivity contribution in [1.29, 1.82) is 0 Å². The average molecular weight is 374 g/mol. The molecule has 0 amide bonds. The van der Waals surface area contributed by atoms with Crippen molar-refractivity contribution in [3.63, 3.8) is 0 Å². The summed E-state index contributed by atoms with van der Waals surface area (Å²) in [6.45, 7) is 1.92. The molecular weight excluding hydrogens is 347 g/mol. The summed E-state index contributed by atoms with van der Waals surface area (Å²) >= 11 is 0. The van der Waals surface area contributed by atoms with Crippen molar-refractivity contribution in [1.82, 2.24) is 9.88 Å². The molecule has 0 radical (unpaired) electrons. The van der Waals surface area contributed by atoms with Gasteiger partial charge < -0.3 is 5.11 Å². The van der Waals surface area contributed by atoms with Crippen LogP contribution in [-0.4, -0.2) is 57.1 Å². The number of allylic oxidation sites excluding steroid dienone is 2. The molecule has 2 heterocycles. The molecule has 27 heavy (non-hydrogen) atoms. The number of aliphatic carboxylic acids is 1. The maximum atomic E-state index is 10.6. The number of hydrogen-bond acceptors (Lipinski definition) is 3. The third kappa shape index (κ3) is 6.58. The summed E-state index contributed by atoms with van der Waals surface area (Å²) in [5, 5.41) is 8.74. The van der Waals surface area contributed by atoms with Gasteiger partial charge in [0.05, 0.1) is 5.69 Å². The van der Waals surface area contributed by atoms with Gasteiger partial charge in [0.1, 0.15) is 0 Å². The van der Waals surface area contributed by atoms with Crippen molar-refractivity contribution in [3.05, 3.63) is 78.1 Å². The summed E-state index contributed by atoms with van der Waals surface area (Å²) in [5.41, 5.74) is 2.45. The molecule has 0 aliphatic carbocycles. The first kappa shape index (κ1) is 21.8. The Labute approximate surface area is 183 Å². The van der Waals surface area contributed by atoms with E-state index < -0.39 is 5.97 Å². The summed E-state index contributed by atoms with van der Waals surface area (Å²) in [5.74, 6) is -0.193. The Bertz CT molecular complexity index is 722. The molecule has 0 spiro atoms. The van der Waals surface area contributed by atoms with Gasteiger partial charge in [-0.3, -0.25) is 14.7 Å². The number of carboxylic acids is 1. The molecule has 1 N–H and O–H groups in total. The molecule has 2 atom stereocenters. The summed E-state index contributed by atoms with van der Waals surface area (Å²) in [4.78, 5) is 17.6. The van der Waals surface area contributed by atoms with Crippen LogP contribution in [0.15, 0.2) is 66.9 Å². The van der Waals surface area contributed by atoms with Crippen LogP contribution in [0.4, 0.5) is 0 Å². The summed E-state index contributed by atoms with van der Waals surface area (Å²) in [7, 11) is 0. The van der Waals surface area contributed by atoms with Gasteiger partial charge in [0.15, 0.2) is 0 Å². The Balaban J connectivity index is 0.00000261. The van der Waals surface area contributed by atoms with E-state index in [1.165, 1.54) is 5.56 Å². The van der Waals surface area contributed by atoms with E-state index in [1.54, 1.807) is 0 Å². The van der Waals surface area contributed by atoms with Gasteiger partial charge in [-0.05, 0) is 49.4 Å². The number of pyridine rings is 1. The minimum atomic E-state index is -0.737. The first-order chi connectivity index (χ1) is 12.7. The molecule has 5 heteroatoms. The molecule has 4 nitrogen and oxygen atoms in total. The number of nitrogens with zero attached hydrogens (tertiary/aromatic N) is 2. The third-order valence-corrected chi connectivity index (χ3v) is 4.99. The predicted octanol–water partition coefficient (Wildman–Crippen LogP) is 3.81. The van der Waals surface area contributed by atoms with Gasteiger partial charge in [-0.15, -0.1) is 0 Å². The Morgan fingerprint density at radius 1 is 1.15 bits per heavy atom. The predicted molar refractivity (Wildman–Crippen MR) is 110 cm³/mol. The Kier molecular flexibility index (Phi) is 9.22. The van der Waals surface area contributed by atoms with Crippen LogP contribution >= 0.6 is 0 Å². The Morgan fingerprint density at radius 3 is 2.63 bits per heavy atom. The molecule has 1 aromatic heterocycles. The molecule has 2 unspecified atom stereocenters. The van der Waals surface area contributed by atoms with Gasteiger partial charge >= 0.3 is 35.5 Å². The van der Waals surface area contributed by atoms with Crippen LogP contribution in [-0.2, 0) is 11.3 Å². The van der Waals surface area contributed by atoms with Crippen molar-refractivity contribution in [2.24, 2.45) is 5.92 Å². The van der Waals surface area contributed by atoms with E-state index in [0.717, 1.165) is 31.6 Å². The fourth-order valence-electron chi connectivity index (χ4n) is 3.78. The van der Waals surface area contributed by atoms with Gasteiger partial charge in [-0.1, -0.05) is 48.6 Å². The monoisotopic (exact) mass is 374 g/mol. The maximum absolute atomic E-state index is 10.6. The molecule has 0 bridgehead atoms. The molecule has 0 saturated carbocycles. The number of likely N-dealkylation sites (tertiary alicyclic amines) is 1. The number of hydrogen-bond donors (Lipinski definition) is 1. The molecule has 3 rings (SSSR count).